The molecule has 19 heavy (non-hydrogen) atoms. The van der Waals surface area contributed by atoms with Crippen LogP contribution in [0.3, 0.4) is 0 Å². The lowest BCUT2D eigenvalue weighted by atomic mass is 9.98. The zero-order valence-corrected chi connectivity index (χ0v) is 12.2. The molecule has 1 atom stereocenters. The van der Waals surface area contributed by atoms with Crippen LogP contribution in [-0.2, 0) is 6.42 Å². The molecule has 0 aliphatic rings. The minimum atomic E-state index is 0.126. The highest BCUT2D eigenvalue weighted by molar-refractivity contribution is 5.31. The summed E-state index contributed by atoms with van der Waals surface area (Å²) in [6.45, 7) is 6.53. The number of hydrogen-bond donors (Lipinski definition) is 1. The van der Waals surface area contributed by atoms with Gasteiger partial charge in [-0.25, -0.2) is 0 Å². The molecule has 102 valence electrons. The Bertz CT molecular complexity index is 510. The van der Waals surface area contributed by atoms with Gasteiger partial charge < -0.3 is 9.73 Å². The van der Waals surface area contributed by atoms with Crippen LogP contribution in [0.1, 0.15) is 55.4 Å². The first-order valence-electron chi connectivity index (χ1n) is 7.01. The zero-order chi connectivity index (χ0) is 13.8. The Labute approximate surface area is 115 Å². The molecule has 1 unspecified atom stereocenters. The van der Waals surface area contributed by atoms with E-state index in [1.165, 1.54) is 11.1 Å². The fourth-order valence-electron chi connectivity index (χ4n) is 2.29. The van der Waals surface area contributed by atoms with Gasteiger partial charge in [0, 0.05) is 6.42 Å². The van der Waals surface area contributed by atoms with Crippen LogP contribution in [0.15, 0.2) is 40.8 Å². The third-order valence-electron chi connectivity index (χ3n) is 3.54. The van der Waals surface area contributed by atoms with Gasteiger partial charge in [0.1, 0.15) is 11.5 Å². The summed E-state index contributed by atoms with van der Waals surface area (Å²) in [5.41, 5.74) is 2.61. The molecule has 2 nitrogen and oxygen atoms in total. The maximum atomic E-state index is 5.86. The summed E-state index contributed by atoms with van der Waals surface area (Å²) in [4.78, 5) is 0. The Morgan fingerprint density at radius 3 is 2.11 bits per heavy atom. The van der Waals surface area contributed by atoms with Crippen molar-refractivity contribution in [2.24, 2.45) is 0 Å². The van der Waals surface area contributed by atoms with E-state index in [1.54, 1.807) is 0 Å². The standard InChI is InChI=1S/C17H23NO/c1-5-15-10-11-16(19-15)17(18-4)14-8-6-13(7-9-14)12(2)3/h6-12,17-18H,5H2,1-4H3. The van der Waals surface area contributed by atoms with Crippen LogP contribution in [0.25, 0.3) is 0 Å². The predicted octanol–water partition coefficient (Wildman–Crippen LogP) is 4.27. The molecule has 1 aromatic carbocycles. The second-order valence-electron chi connectivity index (χ2n) is 5.20. The summed E-state index contributed by atoms with van der Waals surface area (Å²) in [5.74, 6) is 2.59. The van der Waals surface area contributed by atoms with Crippen molar-refractivity contribution in [3.05, 3.63) is 59.0 Å². The maximum absolute atomic E-state index is 5.86. The number of aryl methyl sites for hydroxylation is 1. The average Bonchev–Trinajstić information content (AvgIpc) is 2.89. The first-order chi connectivity index (χ1) is 9.15. The molecule has 0 saturated heterocycles. The molecule has 0 aliphatic heterocycles. The highest BCUT2D eigenvalue weighted by Crippen LogP contribution is 2.25. The summed E-state index contributed by atoms with van der Waals surface area (Å²) in [6.07, 6.45) is 0.933. The Kier molecular flexibility index (Phi) is 4.43. The van der Waals surface area contributed by atoms with Gasteiger partial charge in [0.25, 0.3) is 0 Å². The molecule has 1 N–H and O–H groups in total. The van der Waals surface area contributed by atoms with Gasteiger partial charge in [0.05, 0.1) is 6.04 Å². The Balaban J connectivity index is 2.26. The zero-order valence-electron chi connectivity index (χ0n) is 12.2. The fourth-order valence-corrected chi connectivity index (χ4v) is 2.29. The van der Waals surface area contributed by atoms with Gasteiger partial charge in [-0.1, -0.05) is 45.0 Å². The van der Waals surface area contributed by atoms with Gasteiger partial charge in [-0.3, -0.25) is 0 Å². The molecule has 2 aromatic rings. The highest BCUT2D eigenvalue weighted by atomic mass is 16.3. The number of benzene rings is 1. The van der Waals surface area contributed by atoms with E-state index in [0.717, 1.165) is 17.9 Å². The van der Waals surface area contributed by atoms with E-state index in [0.29, 0.717) is 5.92 Å². The minimum Gasteiger partial charge on any atom is -0.464 e. The van der Waals surface area contributed by atoms with E-state index >= 15 is 0 Å². The Morgan fingerprint density at radius 2 is 1.63 bits per heavy atom. The maximum Gasteiger partial charge on any atom is 0.125 e. The summed E-state index contributed by atoms with van der Waals surface area (Å²) >= 11 is 0. The van der Waals surface area contributed by atoms with E-state index < -0.39 is 0 Å². The van der Waals surface area contributed by atoms with Crippen LogP contribution in [0.4, 0.5) is 0 Å². The summed E-state index contributed by atoms with van der Waals surface area (Å²) in [5, 5.41) is 3.33. The number of furan rings is 1. The topological polar surface area (TPSA) is 25.2 Å². The largest absolute Gasteiger partial charge is 0.464 e. The van der Waals surface area contributed by atoms with Crippen molar-refractivity contribution in [3.8, 4) is 0 Å². The molecule has 2 rings (SSSR count). The summed E-state index contributed by atoms with van der Waals surface area (Å²) < 4.78 is 5.86. The van der Waals surface area contributed by atoms with Crippen LogP contribution >= 0.6 is 0 Å². The lowest BCUT2D eigenvalue weighted by molar-refractivity contribution is 0.434. The first-order valence-corrected chi connectivity index (χ1v) is 7.01. The predicted molar refractivity (Wildman–Crippen MR) is 79.5 cm³/mol. The van der Waals surface area contributed by atoms with E-state index in [4.69, 9.17) is 4.42 Å². The van der Waals surface area contributed by atoms with Crippen LogP contribution in [-0.4, -0.2) is 7.05 Å². The van der Waals surface area contributed by atoms with Crippen molar-refractivity contribution >= 4 is 0 Å². The number of rotatable bonds is 5. The third-order valence-corrected chi connectivity index (χ3v) is 3.54. The van der Waals surface area contributed by atoms with Crippen molar-refractivity contribution in [2.75, 3.05) is 7.05 Å². The Hall–Kier alpha value is -1.54. The lowest BCUT2D eigenvalue weighted by Gasteiger charge is -2.15. The van der Waals surface area contributed by atoms with Crippen LogP contribution < -0.4 is 5.32 Å². The summed E-state index contributed by atoms with van der Waals surface area (Å²) in [6, 6.07) is 13.0. The van der Waals surface area contributed by atoms with Gasteiger partial charge in [0.2, 0.25) is 0 Å². The van der Waals surface area contributed by atoms with Crippen LogP contribution in [0.2, 0.25) is 0 Å². The molecule has 0 saturated carbocycles. The van der Waals surface area contributed by atoms with E-state index in [9.17, 15) is 0 Å². The molecule has 0 radical (unpaired) electrons. The van der Waals surface area contributed by atoms with Gasteiger partial charge in [-0.05, 0) is 36.2 Å². The first kappa shape index (κ1) is 13.9. The van der Waals surface area contributed by atoms with E-state index in [2.05, 4.69) is 62.5 Å². The molecule has 0 fully saturated rings. The van der Waals surface area contributed by atoms with Gasteiger partial charge in [-0.2, -0.15) is 0 Å². The van der Waals surface area contributed by atoms with Crippen LogP contribution in [0, 0.1) is 0 Å². The fraction of sp³-hybridized carbons (Fsp3) is 0.412. The van der Waals surface area contributed by atoms with E-state index in [-0.39, 0.29) is 6.04 Å². The van der Waals surface area contributed by atoms with Crippen molar-refractivity contribution in [3.63, 3.8) is 0 Å². The smallest absolute Gasteiger partial charge is 0.125 e. The van der Waals surface area contributed by atoms with Gasteiger partial charge in [0.15, 0.2) is 0 Å². The molecule has 2 heteroatoms. The molecule has 0 bridgehead atoms. The molecule has 1 aromatic heterocycles. The lowest BCUT2D eigenvalue weighted by Crippen LogP contribution is -2.17. The third kappa shape index (κ3) is 3.07. The van der Waals surface area contributed by atoms with Gasteiger partial charge >= 0.3 is 0 Å². The quantitative estimate of drug-likeness (QED) is 0.865. The molecule has 0 amide bonds. The van der Waals surface area contributed by atoms with Crippen molar-refractivity contribution in [1.82, 2.24) is 5.32 Å². The SMILES string of the molecule is CCc1ccc(C(NC)c2ccc(C(C)C)cc2)o1. The normalized spacial score (nSPS) is 12.9. The molecule has 0 aliphatic carbocycles. The van der Waals surface area contributed by atoms with Crippen molar-refractivity contribution in [2.45, 2.75) is 39.2 Å². The molecular weight excluding hydrogens is 234 g/mol. The molecule has 1 heterocycles. The van der Waals surface area contributed by atoms with Gasteiger partial charge in [-0.15, -0.1) is 0 Å². The average molecular weight is 257 g/mol. The highest BCUT2D eigenvalue weighted by Gasteiger charge is 2.15. The second kappa shape index (κ2) is 6.07. The van der Waals surface area contributed by atoms with E-state index in [1.807, 2.05) is 7.05 Å². The minimum absolute atomic E-state index is 0.126. The number of hydrogen-bond acceptors (Lipinski definition) is 2. The van der Waals surface area contributed by atoms with Crippen molar-refractivity contribution in [1.29, 1.82) is 0 Å². The van der Waals surface area contributed by atoms with Crippen molar-refractivity contribution < 1.29 is 4.42 Å². The molecule has 0 spiro atoms. The molecular formula is C17H23NO. The second-order valence-corrected chi connectivity index (χ2v) is 5.20. The monoisotopic (exact) mass is 257 g/mol. The number of nitrogens with one attached hydrogen (secondary N) is 1. The van der Waals surface area contributed by atoms with Crippen LogP contribution in [0.5, 0.6) is 0 Å². The summed E-state index contributed by atoms with van der Waals surface area (Å²) in [7, 11) is 1.97. The Morgan fingerprint density at radius 1 is 1.00 bits per heavy atom.